The molecule has 0 saturated heterocycles. The van der Waals surface area contributed by atoms with Crippen molar-refractivity contribution < 1.29 is 13.9 Å². The number of aromatic nitrogens is 2. The van der Waals surface area contributed by atoms with Crippen LogP contribution in [0, 0.1) is 5.82 Å². The molecule has 1 aromatic carbocycles. The van der Waals surface area contributed by atoms with Crippen molar-refractivity contribution in [1.82, 2.24) is 9.97 Å². The Labute approximate surface area is 170 Å². The van der Waals surface area contributed by atoms with Gasteiger partial charge in [-0.25, -0.2) is 9.37 Å². The fourth-order valence-corrected chi connectivity index (χ4v) is 3.25. The average Bonchev–Trinajstić information content (AvgIpc) is 2.74. The molecule has 1 saturated carbocycles. The minimum atomic E-state index is -0.469. The van der Waals surface area contributed by atoms with Crippen LogP contribution in [-0.2, 0) is 4.74 Å². The maximum absolute atomic E-state index is 14.2. The molecule has 0 amide bonds. The summed E-state index contributed by atoms with van der Waals surface area (Å²) in [6.45, 7) is 8.30. The van der Waals surface area contributed by atoms with Gasteiger partial charge in [0, 0.05) is 17.8 Å². The lowest BCUT2D eigenvalue weighted by atomic mass is 9.93. The van der Waals surface area contributed by atoms with Gasteiger partial charge in [-0.2, -0.15) is 4.98 Å². The van der Waals surface area contributed by atoms with Gasteiger partial charge in [-0.05, 0) is 37.8 Å². The summed E-state index contributed by atoms with van der Waals surface area (Å²) >= 11 is 0. The highest BCUT2D eigenvalue weighted by Gasteiger charge is 2.22. The zero-order chi connectivity index (χ0) is 20.5. The van der Waals surface area contributed by atoms with Crippen molar-refractivity contribution in [2.75, 3.05) is 23.8 Å². The first kappa shape index (κ1) is 20.8. The van der Waals surface area contributed by atoms with E-state index < -0.39 is 5.82 Å². The molecule has 1 heterocycles. The van der Waals surface area contributed by atoms with Gasteiger partial charge >= 0.3 is 0 Å². The van der Waals surface area contributed by atoms with Gasteiger partial charge in [0.2, 0.25) is 5.95 Å². The molecule has 2 aromatic rings. The Morgan fingerprint density at radius 1 is 1.14 bits per heavy atom. The summed E-state index contributed by atoms with van der Waals surface area (Å²) < 4.78 is 25.5. The van der Waals surface area contributed by atoms with Gasteiger partial charge in [0.1, 0.15) is 12.4 Å². The fourth-order valence-electron chi connectivity index (χ4n) is 3.25. The number of benzene rings is 1. The van der Waals surface area contributed by atoms with E-state index in [1.54, 1.807) is 12.2 Å². The van der Waals surface area contributed by atoms with Crippen LogP contribution in [0.1, 0.15) is 25.7 Å². The number of halogens is 1. The van der Waals surface area contributed by atoms with Crippen LogP contribution in [-0.4, -0.2) is 35.3 Å². The fraction of sp³-hybridized carbons (Fsp3) is 0.364. The summed E-state index contributed by atoms with van der Waals surface area (Å²) in [6, 6.07) is 7.56. The van der Waals surface area contributed by atoms with Crippen molar-refractivity contribution in [3.8, 4) is 5.75 Å². The molecule has 0 spiro atoms. The van der Waals surface area contributed by atoms with Gasteiger partial charge in [-0.3, -0.25) is 0 Å². The number of nitrogens with zero attached hydrogens (tertiary/aromatic N) is 2. The molecule has 3 rings (SSSR count). The van der Waals surface area contributed by atoms with Crippen LogP contribution < -0.4 is 15.4 Å². The van der Waals surface area contributed by atoms with Gasteiger partial charge in [-0.1, -0.05) is 24.8 Å². The van der Waals surface area contributed by atoms with Crippen LogP contribution in [0.25, 0.3) is 0 Å². The maximum Gasteiger partial charge on any atom is 0.229 e. The molecule has 2 N–H and O–H groups in total. The molecular formula is C22H27FN4O2. The first-order valence-corrected chi connectivity index (χ1v) is 9.80. The van der Waals surface area contributed by atoms with Crippen LogP contribution in [0.5, 0.6) is 5.75 Å². The third-order valence-corrected chi connectivity index (χ3v) is 4.67. The first-order chi connectivity index (χ1) is 14.2. The summed E-state index contributed by atoms with van der Waals surface area (Å²) in [6.07, 6.45) is 8.52. The topological polar surface area (TPSA) is 68.3 Å². The van der Waals surface area contributed by atoms with E-state index in [9.17, 15) is 4.39 Å². The zero-order valence-corrected chi connectivity index (χ0v) is 16.4. The largest absolute Gasteiger partial charge is 0.489 e. The van der Waals surface area contributed by atoms with E-state index in [2.05, 4.69) is 33.8 Å². The molecule has 0 atom stereocenters. The molecule has 7 heteroatoms. The van der Waals surface area contributed by atoms with E-state index in [4.69, 9.17) is 9.47 Å². The minimum absolute atomic E-state index is 0.159. The second kappa shape index (κ2) is 10.6. The van der Waals surface area contributed by atoms with Crippen molar-refractivity contribution in [3.05, 3.63) is 61.6 Å². The second-order valence-electron chi connectivity index (χ2n) is 6.88. The Kier molecular flexibility index (Phi) is 7.58. The molecule has 6 nitrogen and oxygen atoms in total. The monoisotopic (exact) mass is 398 g/mol. The van der Waals surface area contributed by atoms with E-state index >= 15 is 0 Å². The first-order valence-electron chi connectivity index (χ1n) is 9.80. The summed E-state index contributed by atoms with van der Waals surface area (Å²) in [7, 11) is 0. The van der Waals surface area contributed by atoms with E-state index in [0.29, 0.717) is 24.9 Å². The maximum atomic E-state index is 14.2. The molecule has 0 aliphatic heterocycles. The van der Waals surface area contributed by atoms with Crippen LogP contribution >= 0.6 is 0 Å². The standard InChI is InChI=1S/C22H27FN4O2/c1-3-12-28-18-10-8-16(9-11-18)25-21-20(23)15-24-22(27-21)26-17-6-5-7-19(14-17)29-13-4-2/h3-7,14-16,18H,1-2,8-13H2,(H2,24,25,26,27). The summed E-state index contributed by atoms with van der Waals surface area (Å²) in [4.78, 5) is 8.35. The SMILES string of the molecule is C=CCOc1cccc(Nc2ncc(F)c(NC3CCC(OCC=C)CC3)n2)c1. The summed E-state index contributed by atoms with van der Waals surface area (Å²) in [5, 5.41) is 6.31. The molecule has 0 bridgehead atoms. The van der Waals surface area contributed by atoms with Crippen LogP contribution in [0.15, 0.2) is 55.8 Å². The van der Waals surface area contributed by atoms with Gasteiger partial charge < -0.3 is 20.1 Å². The number of hydrogen-bond donors (Lipinski definition) is 2. The quantitative estimate of drug-likeness (QED) is 0.558. The number of rotatable bonds is 10. The highest BCUT2D eigenvalue weighted by Crippen LogP contribution is 2.26. The number of hydrogen-bond acceptors (Lipinski definition) is 6. The highest BCUT2D eigenvalue weighted by atomic mass is 19.1. The average molecular weight is 398 g/mol. The van der Waals surface area contributed by atoms with E-state index in [-0.39, 0.29) is 18.0 Å². The normalized spacial score (nSPS) is 18.7. The second-order valence-corrected chi connectivity index (χ2v) is 6.88. The summed E-state index contributed by atoms with van der Waals surface area (Å²) in [5.74, 6) is 0.754. The predicted octanol–water partition coefficient (Wildman–Crippen LogP) is 4.85. The molecule has 0 unspecified atom stereocenters. The van der Waals surface area contributed by atoms with Crippen LogP contribution in [0.4, 0.5) is 21.8 Å². The van der Waals surface area contributed by atoms with Crippen molar-refractivity contribution in [2.24, 2.45) is 0 Å². The Hall–Kier alpha value is -2.93. The van der Waals surface area contributed by atoms with Gasteiger partial charge in [0.05, 0.1) is 18.9 Å². The van der Waals surface area contributed by atoms with Gasteiger partial charge in [-0.15, -0.1) is 6.58 Å². The lowest BCUT2D eigenvalue weighted by Crippen LogP contribution is -2.30. The van der Waals surface area contributed by atoms with Crippen LogP contribution in [0.3, 0.4) is 0 Å². The van der Waals surface area contributed by atoms with E-state index in [0.717, 1.165) is 31.4 Å². The third kappa shape index (κ3) is 6.29. The molecule has 0 radical (unpaired) electrons. The number of anilines is 3. The van der Waals surface area contributed by atoms with Crippen molar-refractivity contribution >= 4 is 17.5 Å². The lowest BCUT2D eigenvalue weighted by molar-refractivity contribution is 0.0443. The van der Waals surface area contributed by atoms with Gasteiger partial charge in [0.15, 0.2) is 11.6 Å². The van der Waals surface area contributed by atoms with Crippen molar-refractivity contribution in [3.63, 3.8) is 0 Å². The smallest absolute Gasteiger partial charge is 0.229 e. The zero-order valence-electron chi connectivity index (χ0n) is 16.4. The Morgan fingerprint density at radius 3 is 2.69 bits per heavy atom. The summed E-state index contributed by atoms with van der Waals surface area (Å²) in [5.41, 5.74) is 0.754. The van der Waals surface area contributed by atoms with E-state index in [1.807, 2.05) is 24.3 Å². The Morgan fingerprint density at radius 2 is 1.93 bits per heavy atom. The Balaban J connectivity index is 1.60. The molecule has 1 aliphatic rings. The molecule has 29 heavy (non-hydrogen) atoms. The predicted molar refractivity (Wildman–Crippen MR) is 113 cm³/mol. The van der Waals surface area contributed by atoms with Crippen molar-refractivity contribution in [2.45, 2.75) is 37.8 Å². The Bertz CT molecular complexity index is 822. The molecule has 1 aromatic heterocycles. The molecule has 1 aliphatic carbocycles. The molecular weight excluding hydrogens is 371 g/mol. The number of ether oxygens (including phenoxy) is 2. The molecule has 154 valence electrons. The van der Waals surface area contributed by atoms with Gasteiger partial charge in [0.25, 0.3) is 0 Å². The lowest BCUT2D eigenvalue weighted by Gasteiger charge is -2.29. The molecule has 1 fully saturated rings. The third-order valence-electron chi connectivity index (χ3n) is 4.67. The highest BCUT2D eigenvalue weighted by molar-refractivity contribution is 5.57. The minimum Gasteiger partial charge on any atom is -0.489 e. The van der Waals surface area contributed by atoms with Crippen molar-refractivity contribution in [1.29, 1.82) is 0 Å². The van der Waals surface area contributed by atoms with E-state index in [1.165, 1.54) is 6.20 Å². The van der Waals surface area contributed by atoms with Crippen LogP contribution in [0.2, 0.25) is 0 Å². The number of nitrogens with one attached hydrogen (secondary N) is 2.